The van der Waals surface area contributed by atoms with Gasteiger partial charge in [0, 0.05) is 37.4 Å². The fraction of sp³-hybridized carbons (Fsp3) is 0.556. The molecule has 3 aliphatic heterocycles. The molecule has 3 aromatic rings. The Balaban J connectivity index is 0.000000184. The van der Waals surface area contributed by atoms with Crippen molar-refractivity contribution in [1.29, 1.82) is 0 Å². The Bertz CT molecular complexity index is 1960. The molecule has 0 amide bonds. The van der Waals surface area contributed by atoms with Crippen molar-refractivity contribution in [2.24, 2.45) is 5.92 Å². The number of anilines is 3. The van der Waals surface area contributed by atoms with Gasteiger partial charge in [0.25, 0.3) is 0 Å². The number of nitrogens with zero attached hydrogens (tertiary/aromatic N) is 5. The first kappa shape index (κ1) is 35.0. The van der Waals surface area contributed by atoms with E-state index < -0.39 is 21.6 Å². The van der Waals surface area contributed by atoms with Crippen LogP contribution in [0.3, 0.4) is 0 Å². The molecule has 1 saturated heterocycles. The predicted octanol–water partition coefficient (Wildman–Crippen LogP) is 4.58. The Morgan fingerprint density at radius 2 is 1.49 bits per heavy atom. The van der Waals surface area contributed by atoms with Crippen LogP contribution in [-0.4, -0.2) is 87.5 Å². The zero-order valence-electron chi connectivity index (χ0n) is 28.6. The summed E-state index contributed by atoms with van der Waals surface area (Å²) in [4.78, 5) is 21.5. The third-order valence-electron chi connectivity index (χ3n) is 11.2. The minimum atomic E-state index is -1.09. The van der Waals surface area contributed by atoms with Crippen molar-refractivity contribution in [3.8, 4) is 0 Å². The van der Waals surface area contributed by atoms with Gasteiger partial charge in [-0.25, -0.2) is 14.4 Å². The lowest BCUT2D eigenvalue weighted by molar-refractivity contribution is 0.265. The highest BCUT2D eigenvalue weighted by atomic mass is 35.5. The Labute approximate surface area is 306 Å². The smallest absolute Gasteiger partial charge is 0.227 e. The molecule has 4 N–H and O–H groups in total. The van der Waals surface area contributed by atoms with Gasteiger partial charge in [-0.1, -0.05) is 18.6 Å². The SMILES string of the molecule is CCC1=C(C2CCN(c3nc4c(c(NC5(CO)CC5)n3)S(=O)CC4)CC2)c2cc(F)ccc2C1.O=S1CCc2nc(Cl)nc(NC3(CO)CC3)c21. The lowest BCUT2D eigenvalue weighted by Crippen LogP contribution is -2.36. The number of aryl methyl sites for hydroxylation is 2. The molecule has 6 aliphatic rings. The molecule has 9 rings (SSSR count). The van der Waals surface area contributed by atoms with Gasteiger partial charge in [0.1, 0.15) is 27.2 Å². The van der Waals surface area contributed by atoms with Gasteiger partial charge in [0.2, 0.25) is 11.2 Å². The number of hydrogen-bond acceptors (Lipinski definition) is 11. The molecule has 5 heterocycles. The van der Waals surface area contributed by atoms with Crippen molar-refractivity contribution in [2.75, 3.05) is 53.3 Å². The highest BCUT2D eigenvalue weighted by molar-refractivity contribution is 7.85. The number of rotatable bonds is 9. The average Bonchev–Trinajstić information content (AvgIpc) is 3.97. The standard InChI is InChI=1S/C26H31FN4O2S.C10H12ClN3O2S/c1-2-16-13-18-3-4-19(27)14-20(18)22(16)17-5-10-31(11-6-17)25-28-21-7-12-34(33)23(21)24(29-25)30-26(15-32)8-9-26;11-9-12-6-1-4-17(16)7(6)8(13-9)14-10(5-15)2-3-10/h3-4,14,17,32H,2,5-13,15H2,1H3,(H,28,29,30);15H,1-5H2,(H,12,13,14). The third kappa shape index (κ3) is 6.82. The number of aromatic nitrogens is 4. The predicted molar refractivity (Wildman–Crippen MR) is 197 cm³/mol. The van der Waals surface area contributed by atoms with Gasteiger partial charge in [-0.3, -0.25) is 8.42 Å². The van der Waals surface area contributed by atoms with E-state index in [0.717, 1.165) is 86.3 Å². The fourth-order valence-corrected chi connectivity index (χ4v) is 10.6. The van der Waals surface area contributed by atoms with Crippen molar-refractivity contribution in [1.82, 2.24) is 19.9 Å². The Morgan fingerprint density at radius 1 is 0.902 bits per heavy atom. The largest absolute Gasteiger partial charge is 0.394 e. The molecule has 2 saturated carbocycles. The third-order valence-corrected chi connectivity index (χ3v) is 14.3. The summed E-state index contributed by atoms with van der Waals surface area (Å²) in [6.45, 7) is 3.97. The molecule has 51 heavy (non-hydrogen) atoms. The number of nitrogens with one attached hydrogen (secondary N) is 2. The van der Waals surface area contributed by atoms with Crippen molar-refractivity contribution < 1.29 is 23.0 Å². The second-order valence-electron chi connectivity index (χ2n) is 14.6. The molecule has 2 unspecified atom stereocenters. The lowest BCUT2D eigenvalue weighted by atomic mass is 9.84. The van der Waals surface area contributed by atoms with E-state index >= 15 is 0 Å². The molecular formula is C36H43ClFN7O4S2. The van der Waals surface area contributed by atoms with E-state index in [2.05, 4.69) is 32.4 Å². The average molecular weight is 756 g/mol. The molecule has 11 nitrogen and oxygen atoms in total. The van der Waals surface area contributed by atoms with Gasteiger partial charge >= 0.3 is 0 Å². The summed E-state index contributed by atoms with van der Waals surface area (Å²) in [7, 11) is -2.15. The molecule has 0 spiro atoms. The maximum absolute atomic E-state index is 14.0. The van der Waals surface area contributed by atoms with Crippen LogP contribution in [-0.2, 0) is 40.9 Å². The second-order valence-corrected chi connectivity index (χ2v) is 18.0. The van der Waals surface area contributed by atoms with Crippen LogP contribution in [0.4, 0.5) is 22.0 Å². The zero-order chi connectivity index (χ0) is 35.5. The number of hydrogen-bond donors (Lipinski definition) is 4. The van der Waals surface area contributed by atoms with E-state index in [1.807, 2.05) is 6.07 Å². The summed E-state index contributed by atoms with van der Waals surface area (Å²) in [5, 5.41) is 25.8. The number of piperidine rings is 1. The molecule has 2 atom stereocenters. The van der Waals surface area contributed by atoms with Gasteiger partial charge in [0.05, 0.1) is 57.3 Å². The van der Waals surface area contributed by atoms with Gasteiger partial charge in [-0.15, -0.1) is 0 Å². The van der Waals surface area contributed by atoms with Gasteiger partial charge < -0.3 is 25.7 Å². The molecule has 2 aromatic heterocycles. The molecule has 15 heteroatoms. The van der Waals surface area contributed by atoms with Gasteiger partial charge in [-0.2, -0.15) is 9.97 Å². The number of allylic oxidation sites excluding steroid dienone is 2. The molecular weight excluding hydrogens is 713 g/mol. The number of fused-ring (bicyclic) bond motifs is 3. The normalized spacial score (nSPS) is 23.7. The summed E-state index contributed by atoms with van der Waals surface area (Å²) >= 11 is 5.85. The van der Waals surface area contributed by atoms with E-state index in [1.54, 1.807) is 12.1 Å². The van der Waals surface area contributed by atoms with Gasteiger partial charge in [0.15, 0.2) is 0 Å². The van der Waals surface area contributed by atoms with E-state index in [0.29, 0.717) is 52.7 Å². The van der Waals surface area contributed by atoms with Crippen molar-refractivity contribution in [3.05, 3.63) is 57.4 Å². The Hall–Kier alpha value is -3.04. The Morgan fingerprint density at radius 3 is 2.06 bits per heavy atom. The number of aliphatic hydroxyl groups is 2. The van der Waals surface area contributed by atoms with Crippen LogP contribution in [0, 0.1) is 11.7 Å². The lowest BCUT2D eigenvalue weighted by Gasteiger charge is -2.34. The molecule has 3 fully saturated rings. The molecule has 0 bridgehead atoms. The summed E-state index contributed by atoms with van der Waals surface area (Å²) < 4.78 is 38.6. The maximum atomic E-state index is 14.0. The highest BCUT2D eigenvalue weighted by Crippen LogP contribution is 2.45. The van der Waals surface area contributed by atoms with Crippen LogP contribution < -0.4 is 15.5 Å². The van der Waals surface area contributed by atoms with E-state index in [4.69, 9.17) is 21.6 Å². The van der Waals surface area contributed by atoms with Crippen molar-refractivity contribution in [3.63, 3.8) is 0 Å². The topological polar surface area (TPSA) is 153 Å². The second kappa shape index (κ2) is 13.7. The molecule has 1 aromatic carbocycles. The van der Waals surface area contributed by atoms with Crippen molar-refractivity contribution in [2.45, 2.75) is 92.0 Å². The molecule has 3 aliphatic carbocycles. The fourth-order valence-electron chi connectivity index (χ4n) is 7.77. The van der Waals surface area contributed by atoms with Crippen LogP contribution in [0.25, 0.3) is 5.57 Å². The summed E-state index contributed by atoms with van der Waals surface area (Å²) in [6, 6.07) is 5.23. The van der Waals surface area contributed by atoms with E-state index in [1.165, 1.54) is 16.7 Å². The van der Waals surface area contributed by atoms with Crippen LogP contribution >= 0.6 is 11.6 Å². The van der Waals surface area contributed by atoms with E-state index in [9.17, 15) is 23.0 Å². The summed E-state index contributed by atoms with van der Waals surface area (Å²) in [5.74, 6) is 3.27. The Kier molecular flexibility index (Phi) is 9.43. The highest BCUT2D eigenvalue weighted by Gasteiger charge is 2.45. The molecule has 0 radical (unpaired) electrons. The summed E-state index contributed by atoms with van der Waals surface area (Å²) in [5.41, 5.74) is 6.18. The summed E-state index contributed by atoms with van der Waals surface area (Å²) in [6.07, 6.45) is 8.84. The number of halogens is 2. The first-order valence-electron chi connectivity index (χ1n) is 17.9. The first-order chi connectivity index (χ1) is 24.6. The minimum Gasteiger partial charge on any atom is -0.394 e. The van der Waals surface area contributed by atoms with E-state index in [-0.39, 0.29) is 35.4 Å². The minimum absolute atomic E-state index is 0.0516. The van der Waals surface area contributed by atoms with Crippen LogP contribution in [0.2, 0.25) is 5.28 Å². The van der Waals surface area contributed by atoms with Gasteiger partial charge in [-0.05, 0) is 97.7 Å². The number of benzene rings is 1. The van der Waals surface area contributed by atoms with Crippen molar-refractivity contribution >= 4 is 56.4 Å². The molecule has 272 valence electrons. The maximum Gasteiger partial charge on any atom is 0.227 e. The number of aliphatic hydroxyl groups excluding tert-OH is 2. The van der Waals surface area contributed by atoms with Crippen LogP contribution in [0.15, 0.2) is 33.6 Å². The monoisotopic (exact) mass is 755 g/mol. The van der Waals surface area contributed by atoms with Crippen LogP contribution in [0.1, 0.15) is 74.4 Å². The first-order valence-corrected chi connectivity index (χ1v) is 20.9. The van der Waals surface area contributed by atoms with Crippen LogP contribution in [0.5, 0.6) is 0 Å². The quantitative estimate of drug-likeness (QED) is 0.227. The zero-order valence-corrected chi connectivity index (χ0v) is 31.0.